The van der Waals surface area contributed by atoms with Gasteiger partial charge in [0.05, 0.1) is 22.3 Å². The second-order valence-corrected chi connectivity index (χ2v) is 7.53. The van der Waals surface area contributed by atoms with Crippen LogP contribution in [-0.2, 0) is 5.41 Å². The van der Waals surface area contributed by atoms with Gasteiger partial charge in [0.1, 0.15) is 0 Å². The van der Waals surface area contributed by atoms with Crippen LogP contribution in [0.15, 0.2) is 17.6 Å². The van der Waals surface area contributed by atoms with Crippen molar-refractivity contribution in [1.29, 1.82) is 0 Å². The zero-order valence-electron chi connectivity index (χ0n) is 14.2. The minimum atomic E-state index is -0.307. The maximum atomic E-state index is 12.8. The number of nitrogens with zero attached hydrogens (tertiary/aromatic N) is 2. The fraction of sp³-hybridized carbons (Fsp3) is 0.471. The van der Waals surface area contributed by atoms with E-state index in [9.17, 15) is 9.59 Å². The minimum Gasteiger partial charge on any atom is -0.355 e. The number of thiophene rings is 1. The number of H-pyrrole nitrogens is 1. The second kappa shape index (κ2) is 6.39. The van der Waals surface area contributed by atoms with Crippen LogP contribution in [0.2, 0.25) is 0 Å². The van der Waals surface area contributed by atoms with Gasteiger partial charge in [-0.05, 0) is 36.8 Å². The van der Waals surface area contributed by atoms with Gasteiger partial charge in [0.2, 0.25) is 0 Å². The number of aryl methyl sites for hydroxylation is 1. The molecule has 2 N–H and O–H groups in total. The first-order valence-corrected chi connectivity index (χ1v) is 8.93. The maximum Gasteiger partial charge on any atom is 0.263 e. The number of hydrogen-bond acceptors (Lipinski definition) is 4. The molecule has 0 spiro atoms. The van der Waals surface area contributed by atoms with Gasteiger partial charge >= 0.3 is 0 Å². The molecule has 1 saturated heterocycles. The third kappa shape index (κ3) is 2.96. The van der Waals surface area contributed by atoms with E-state index in [1.807, 2.05) is 23.3 Å². The van der Waals surface area contributed by atoms with Gasteiger partial charge in [0, 0.05) is 25.6 Å². The first kappa shape index (κ1) is 16.7. The molecule has 7 heteroatoms. The summed E-state index contributed by atoms with van der Waals surface area (Å²) in [5.41, 5.74) is 2.17. The van der Waals surface area contributed by atoms with Gasteiger partial charge in [0.15, 0.2) is 0 Å². The average Bonchev–Trinajstić information content (AvgIpc) is 3.22. The van der Waals surface area contributed by atoms with Crippen molar-refractivity contribution < 1.29 is 9.59 Å². The van der Waals surface area contributed by atoms with E-state index in [0.29, 0.717) is 12.1 Å². The molecule has 0 unspecified atom stereocenters. The number of aromatic nitrogens is 2. The second-order valence-electron chi connectivity index (χ2n) is 6.62. The van der Waals surface area contributed by atoms with Gasteiger partial charge in [-0.25, -0.2) is 0 Å². The lowest BCUT2D eigenvalue weighted by Gasteiger charge is -2.40. The molecule has 0 aliphatic carbocycles. The molecule has 6 nitrogen and oxygen atoms in total. The Balaban J connectivity index is 1.86. The SMILES string of the molecule is CNC(=O)c1cn[nH]c1[C@]1(C)CCCN(C(=O)c2cc(C)cs2)C1. The Morgan fingerprint density at radius 2 is 2.25 bits per heavy atom. The molecule has 24 heavy (non-hydrogen) atoms. The van der Waals surface area contributed by atoms with Crippen molar-refractivity contribution >= 4 is 23.2 Å². The Labute approximate surface area is 145 Å². The number of piperidine rings is 1. The number of hydrogen-bond donors (Lipinski definition) is 2. The van der Waals surface area contributed by atoms with Crippen LogP contribution in [0.25, 0.3) is 0 Å². The van der Waals surface area contributed by atoms with Crippen molar-refractivity contribution in [2.45, 2.75) is 32.1 Å². The standard InChI is InChI=1S/C17H22N4O2S/c1-11-7-13(24-9-11)16(23)21-6-4-5-17(2,10-21)14-12(8-19-20-14)15(22)18-3/h7-9H,4-6,10H2,1-3H3,(H,18,22)(H,19,20)/t17-/m1/s1. The van der Waals surface area contributed by atoms with Gasteiger partial charge in [0.25, 0.3) is 11.8 Å². The number of rotatable bonds is 3. The molecular formula is C17H22N4O2S. The summed E-state index contributed by atoms with van der Waals surface area (Å²) in [5, 5.41) is 11.7. The molecule has 0 bridgehead atoms. The predicted octanol–water partition coefficient (Wildman–Crippen LogP) is 2.33. The Morgan fingerprint density at radius 1 is 1.46 bits per heavy atom. The molecular weight excluding hydrogens is 324 g/mol. The van der Waals surface area contributed by atoms with Crippen LogP contribution in [0.1, 0.15) is 51.1 Å². The quantitative estimate of drug-likeness (QED) is 0.895. The summed E-state index contributed by atoms with van der Waals surface area (Å²) in [5.74, 6) is -0.0858. The van der Waals surface area contributed by atoms with Crippen LogP contribution in [0.4, 0.5) is 0 Å². The zero-order chi connectivity index (χ0) is 17.3. The number of aromatic amines is 1. The molecule has 0 aromatic carbocycles. The van der Waals surface area contributed by atoms with Crippen molar-refractivity contribution in [2.24, 2.45) is 0 Å². The van der Waals surface area contributed by atoms with Crippen molar-refractivity contribution in [3.05, 3.63) is 39.3 Å². The summed E-state index contributed by atoms with van der Waals surface area (Å²) in [4.78, 5) is 27.5. The van der Waals surface area contributed by atoms with Crippen LogP contribution in [-0.4, -0.2) is 47.0 Å². The number of likely N-dealkylation sites (tertiary alicyclic amines) is 1. The lowest BCUT2D eigenvalue weighted by molar-refractivity contribution is 0.0651. The monoisotopic (exact) mass is 346 g/mol. The van der Waals surface area contributed by atoms with Crippen LogP contribution >= 0.6 is 11.3 Å². The van der Waals surface area contributed by atoms with E-state index in [1.54, 1.807) is 13.2 Å². The average molecular weight is 346 g/mol. The van der Waals surface area contributed by atoms with Crippen LogP contribution < -0.4 is 5.32 Å². The molecule has 2 amide bonds. The Kier molecular flexibility index (Phi) is 4.45. The van der Waals surface area contributed by atoms with E-state index in [-0.39, 0.29) is 17.2 Å². The predicted molar refractivity (Wildman–Crippen MR) is 93.5 cm³/mol. The van der Waals surface area contributed by atoms with E-state index >= 15 is 0 Å². The minimum absolute atomic E-state index is 0.0695. The molecule has 3 heterocycles. The first-order valence-electron chi connectivity index (χ1n) is 8.05. The van der Waals surface area contributed by atoms with Crippen LogP contribution in [0, 0.1) is 6.92 Å². The van der Waals surface area contributed by atoms with Crippen LogP contribution in [0.5, 0.6) is 0 Å². The molecule has 2 aromatic heterocycles. The fourth-order valence-corrected chi connectivity index (χ4v) is 4.23. The summed E-state index contributed by atoms with van der Waals surface area (Å²) in [7, 11) is 1.61. The van der Waals surface area contributed by atoms with E-state index < -0.39 is 0 Å². The van der Waals surface area contributed by atoms with Gasteiger partial charge in [-0.3, -0.25) is 14.7 Å². The summed E-state index contributed by atoms with van der Waals surface area (Å²) in [6.45, 7) is 5.41. The molecule has 1 fully saturated rings. The maximum absolute atomic E-state index is 12.8. The lowest BCUT2D eigenvalue weighted by Crippen LogP contribution is -2.47. The van der Waals surface area contributed by atoms with E-state index in [0.717, 1.165) is 35.5 Å². The number of amides is 2. The first-order chi connectivity index (χ1) is 11.4. The fourth-order valence-electron chi connectivity index (χ4n) is 3.37. The Hall–Kier alpha value is -2.15. The molecule has 3 rings (SSSR count). The van der Waals surface area contributed by atoms with Crippen LogP contribution in [0.3, 0.4) is 0 Å². The normalized spacial score (nSPS) is 20.9. The molecule has 2 aromatic rings. The summed E-state index contributed by atoms with van der Waals surface area (Å²) < 4.78 is 0. The lowest BCUT2D eigenvalue weighted by atomic mass is 9.77. The number of carbonyl (C=O) groups is 2. The van der Waals surface area contributed by atoms with E-state index in [1.165, 1.54) is 11.3 Å². The Morgan fingerprint density at radius 3 is 2.92 bits per heavy atom. The summed E-state index contributed by atoms with van der Waals surface area (Å²) in [6, 6.07) is 1.94. The zero-order valence-corrected chi connectivity index (χ0v) is 15.0. The number of carbonyl (C=O) groups excluding carboxylic acids is 2. The van der Waals surface area contributed by atoms with Gasteiger partial charge in [-0.15, -0.1) is 11.3 Å². The summed E-state index contributed by atoms with van der Waals surface area (Å²) in [6.07, 6.45) is 3.37. The highest BCUT2D eigenvalue weighted by Crippen LogP contribution is 2.35. The molecule has 128 valence electrons. The van der Waals surface area contributed by atoms with Gasteiger partial charge in [-0.2, -0.15) is 5.10 Å². The third-order valence-corrected chi connectivity index (χ3v) is 5.68. The topological polar surface area (TPSA) is 78.1 Å². The highest BCUT2D eigenvalue weighted by atomic mass is 32.1. The number of nitrogens with one attached hydrogen (secondary N) is 2. The van der Waals surface area contributed by atoms with Gasteiger partial charge in [-0.1, -0.05) is 6.92 Å². The molecule has 0 saturated carbocycles. The molecule has 0 radical (unpaired) electrons. The molecule has 1 atom stereocenters. The van der Waals surface area contributed by atoms with Crippen molar-refractivity contribution in [2.75, 3.05) is 20.1 Å². The highest BCUT2D eigenvalue weighted by molar-refractivity contribution is 7.12. The highest BCUT2D eigenvalue weighted by Gasteiger charge is 2.38. The molecule has 1 aliphatic heterocycles. The molecule has 1 aliphatic rings. The van der Waals surface area contributed by atoms with E-state index in [2.05, 4.69) is 22.4 Å². The Bertz CT molecular complexity index is 766. The van der Waals surface area contributed by atoms with Gasteiger partial charge < -0.3 is 10.2 Å². The van der Waals surface area contributed by atoms with Crippen molar-refractivity contribution in [3.8, 4) is 0 Å². The summed E-state index contributed by atoms with van der Waals surface area (Å²) >= 11 is 1.49. The smallest absolute Gasteiger partial charge is 0.263 e. The third-order valence-electron chi connectivity index (χ3n) is 4.64. The van der Waals surface area contributed by atoms with Crippen molar-refractivity contribution in [1.82, 2.24) is 20.4 Å². The largest absolute Gasteiger partial charge is 0.355 e. The van der Waals surface area contributed by atoms with Crippen molar-refractivity contribution in [3.63, 3.8) is 0 Å². The van der Waals surface area contributed by atoms with E-state index in [4.69, 9.17) is 0 Å².